The highest BCUT2D eigenvalue weighted by molar-refractivity contribution is 5.85. The van der Waals surface area contributed by atoms with E-state index in [4.69, 9.17) is 5.73 Å². The molecule has 1 aliphatic rings. The first-order valence-corrected chi connectivity index (χ1v) is 5.97. The third kappa shape index (κ3) is 4.65. The number of halogens is 4. The van der Waals surface area contributed by atoms with Gasteiger partial charge in [-0.15, -0.1) is 12.4 Å². The van der Waals surface area contributed by atoms with Crippen LogP contribution in [0.1, 0.15) is 32.6 Å². The maximum Gasteiger partial charge on any atom is 0.391 e. The molecule has 0 aliphatic carbocycles. The van der Waals surface area contributed by atoms with Gasteiger partial charge in [0.15, 0.2) is 0 Å². The van der Waals surface area contributed by atoms with Crippen molar-refractivity contribution in [3.05, 3.63) is 0 Å². The van der Waals surface area contributed by atoms with Crippen LogP contribution in [0.25, 0.3) is 0 Å². The Bertz CT molecular complexity index is 266. The predicted octanol–water partition coefficient (Wildman–Crippen LogP) is 2.34. The first kappa shape index (κ1) is 17.5. The first-order chi connectivity index (χ1) is 7.86. The van der Waals surface area contributed by atoms with E-state index < -0.39 is 18.1 Å². The van der Waals surface area contributed by atoms with Crippen LogP contribution in [0, 0.1) is 5.92 Å². The topological polar surface area (TPSA) is 46.3 Å². The minimum Gasteiger partial charge on any atom is -0.341 e. The summed E-state index contributed by atoms with van der Waals surface area (Å²) in [6, 6.07) is -0.567. The van der Waals surface area contributed by atoms with Gasteiger partial charge in [-0.3, -0.25) is 4.79 Å². The van der Waals surface area contributed by atoms with Crippen molar-refractivity contribution >= 4 is 18.3 Å². The summed E-state index contributed by atoms with van der Waals surface area (Å²) < 4.78 is 37.3. The molecule has 1 unspecified atom stereocenters. The van der Waals surface area contributed by atoms with E-state index in [0.29, 0.717) is 6.42 Å². The number of rotatable bonds is 3. The van der Waals surface area contributed by atoms with Crippen molar-refractivity contribution in [2.75, 3.05) is 13.1 Å². The number of hydrogen-bond donors (Lipinski definition) is 1. The molecule has 18 heavy (non-hydrogen) atoms. The summed E-state index contributed by atoms with van der Waals surface area (Å²) in [6.45, 7) is 2.25. The lowest BCUT2D eigenvalue weighted by Crippen LogP contribution is -2.48. The second-order valence-corrected chi connectivity index (χ2v) is 4.54. The molecule has 1 amide bonds. The smallest absolute Gasteiger partial charge is 0.341 e. The normalized spacial score (nSPS) is 19.3. The SMILES string of the molecule is CCCC(N)C(=O)N1CCC(C(F)(F)F)CC1.Cl. The first-order valence-electron chi connectivity index (χ1n) is 5.97. The maximum atomic E-state index is 12.4. The Morgan fingerprint density at radius 1 is 1.39 bits per heavy atom. The van der Waals surface area contributed by atoms with Crippen molar-refractivity contribution in [1.29, 1.82) is 0 Å². The van der Waals surface area contributed by atoms with Crippen molar-refractivity contribution in [2.45, 2.75) is 44.8 Å². The van der Waals surface area contributed by atoms with Gasteiger partial charge in [-0.25, -0.2) is 0 Å². The molecule has 1 rings (SSSR count). The fourth-order valence-corrected chi connectivity index (χ4v) is 2.10. The number of hydrogen-bond acceptors (Lipinski definition) is 2. The van der Waals surface area contributed by atoms with Crippen LogP contribution >= 0.6 is 12.4 Å². The van der Waals surface area contributed by atoms with E-state index >= 15 is 0 Å². The molecule has 2 N–H and O–H groups in total. The van der Waals surface area contributed by atoms with Crippen molar-refractivity contribution in [1.82, 2.24) is 4.90 Å². The molecule has 1 fully saturated rings. The van der Waals surface area contributed by atoms with Crippen LogP contribution in [-0.2, 0) is 4.79 Å². The fourth-order valence-electron chi connectivity index (χ4n) is 2.10. The molecule has 0 bridgehead atoms. The largest absolute Gasteiger partial charge is 0.391 e. The minimum atomic E-state index is -4.14. The Morgan fingerprint density at radius 3 is 2.28 bits per heavy atom. The molecule has 108 valence electrons. The maximum absolute atomic E-state index is 12.4. The quantitative estimate of drug-likeness (QED) is 0.866. The summed E-state index contributed by atoms with van der Waals surface area (Å²) in [5.41, 5.74) is 5.67. The standard InChI is InChI=1S/C11H19F3N2O.ClH/c1-2-3-9(15)10(17)16-6-4-8(5-7-16)11(12,13)14;/h8-9H,2-7,15H2,1H3;1H. The van der Waals surface area contributed by atoms with Gasteiger partial charge in [-0.1, -0.05) is 13.3 Å². The van der Waals surface area contributed by atoms with Crippen LogP contribution in [0.5, 0.6) is 0 Å². The molecule has 0 radical (unpaired) electrons. The minimum absolute atomic E-state index is 0. The van der Waals surface area contributed by atoms with Crippen molar-refractivity contribution < 1.29 is 18.0 Å². The summed E-state index contributed by atoms with van der Waals surface area (Å²) >= 11 is 0. The molecule has 0 aromatic heterocycles. The van der Waals surface area contributed by atoms with E-state index in [1.54, 1.807) is 0 Å². The zero-order valence-electron chi connectivity index (χ0n) is 10.4. The van der Waals surface area contributed by atoms with Crippen LogP contribution in [0.3, 0.4) is 0 Å². The number of piperidine rings is 1. The van der Waals surface area contributed by atoms with Crippen molar-refractivity contribution in [3.63, 3.8) is 0 Å². The van der Waals surface area contributed by atoms with Crippen molar-refractivity contribution in [2.24, 2.45) is 11.7 Å². The summed E-state index contributed by atoms with van der Waals surface area (Å²) in [5.74, 6) is -1.48. The average Bonchev–Trinajstić information content (AvgIpc) is 2.27. The molecular weight excluding hydrogens is 269 g/mol. The van der Waals surface area contributed by atoms with E-state index in [2.05, 4.69) is 0 Å². The molecule has 0 saturated carbocycles. The van der Waals surface area contributed by atoms with E-state index in [1.165, 1.54) is 4.90 Å². The number of nitrogens with two attached hydrogens (primary N) is 1. The number of carbonyl (C=O) groups excluding carboxylic acids is 1. The van der Waals surface area contributed by atoms with Crippen LogP contribution in [0.2, 0.25) is 0 Å². The van der Waals surface area contributed by atoms with E-state index in [9.17, 15) is 18.0 Å². The molecule has 1 heterocycles. The van der Waals surface area contributed by atoms with Gasteiger partial charge >= 0.3 is 6.18 Å². The highest BCUT2D eigenvalue weighted by atomic mass is 35.5. The Morgan fingerprint density at radius 2 is 1.89 bits per heavy atom. The van der Waals surface area contributed by atoms with Gasteiger partial charge in [-0.2, -0.15) is 13.2 Å². The highest BCUT2D eigenvalue weighted by Gasteiger charge is 2.41. The number of amides is 1. The zero-order chi connectivity index (χ0) is 13.1. The molecule has 3 nitrogen and oxygen atoms in total. The Labute approximate surface area is 111 Å². The van der Waals surface area contributed by atoms with Crippen LogP contribution < -0.4 is 5.73 Å². The highest BCUT2D eigenvalue weighted by Crippen LogP contribution is 2.34. The average molecular weight is 289 g/mol. The molecule has 1 aliphatic heterocycles. The Balaban J connectivity index is 0.00000289. The second kappa shape index (κ2) is 7.19. The number of alkyl halides is 3. The van der Waals surface area contributed by atoms with Crippen LogP contribution in [0.4, 0.5) is 13.2 Å². The van der Waals surface area contributed by atoms with Crippen LogP contribution in [0.15, 0.2) is 0 Å². The third-order valence-corrected chi connectivity index (χ3v) is 3.19. The molecule has 0 aromatic carbocycles. The van der Waals surface area contributed by atoms with Crippen molar-refractivity contribution in [3.8, 4) is 0 Å². The van der Waals surface area contributed by atoms with Gasteiger partial charge in [0.25, 0.3) is 0 Å². The molecule has 0 aromatic rings. The number of likely N-dealkylation sites (tertiary alicyclic amines) is 1. The molecule has 0 spiro atoms. The lowest BCUT2D eigenvalue weighted by molar-refractivity contribution is -0.186. The third-order valence-electron chi connectivity index (χ3n) is 3.19. The molecule has 1 atom stereocenters. The molecule has 1 saturated heterocycles. The lowest BCUT2D eigenvalue weighted by atomic mass is 9.95. The van der Waals surface area contributed by atoms with E-state index in [-0.39, 0.29) is 44.2 Å². The van der Waals surface area contributed by atoms with Crippen LogP contribution in [-0.4, -0.2) is 36.1 Å². The number of nitrogens with zero attached hydrogens (tertiary/aromatic N) is 1. The molecule has 7 heteroatoms. The second-order valence-electron chi connectivity index (χ2n) is 4.54. The van der Waals surface area contributed by atoms with Gasteiger partial charge < -0.3 is 10.6 Å². The Kier molecular flexibility index (Phi) is 6.99. The summed E-state index contributed by atoms with van der Waals surface area (Å²) in [5, 5.41) is 0. The number of carbonyl (C=O) groups is 1. The molecular formula is C11H20ClF3N2O. The van der Waals surface area contributed by atoms with Gasteiger partial charge in [0.05, 0.1) is 12.0 Å². The zero-order valence-corrected chi connectivity index (χ0v) is 11.2. The van der Waals surface area contributed by atoms with Gasteiger partial charge in [0.1, 0.15) is 0 Å². The predicted molar refractivity (Wildman–Crippen MR) is 65.5 cm³/mol. The summed E-state index contributed by atoms with van der Waals surface area (Å²) in [4.78, 5) is 13.2. The Hall–Kier alpha value is -0.490. The summed E-state index contributed by atoms with van der Waals surface area (Å²) in [6.07, 6.45) is -2.77. The van der Waals surface area contributed by atoms with E-state index in [1.807, 2.05) is 6.92 Å². The summed E-state index contributed by atoms with van der Waals surface area (Å²) in [7, 11) is 0. The van der Waals surface area contributed by atoms with Gasteiger partial charge in [0, 0.05) is 13.1 Å². The van der Waals surface area contributed by atoms with Gasteiger partial charge in [0.2, 0.25) is 5.91 Å². The van der Waals surface area contributed by atoms with Gasteiger partial charge in [-0.05, 0) is 19.3 Å². The lowest BCUT2D eigenvalue weighted by Gasteiger charge is -2.34. The monoisotopic (exact) mass is 288 g/mol. The fraction of sp³-hybridized carbons (Fsp3) is 0.909. The van der Waals surface area contributed by atoms with E-state index in [0.717, 1.165) is 6.42 Å².